The Bertz CT molecular complexity index is 555. The first-order chi connectivity index (χ1) is 10.8. The van der Waals surface area contributed by atoms with Crippen LogP contribution < -0.4 is 0 Å². The zero-order valence-electron chi connectivity index (χ0n) is 13.5. The van der Waals surface area contributed by atoms with Gasteiger partial charge in [0, 0.05) is 0 Å². The Morgan fingerprint density at radius 3 is 1.32 bits per heavy atom. The van der Waals surface area contributed by atoms with Crippen LogP contribution in [0.5, 0.6) is 0 Å². The monoisotopic (exact) mass is 292 g/mol. The summed E-state index contributed by atoms with van der Waals surface area (Å²) in [4.78, 5) is 0. The van der Waals surface area contributed by atoms with E-state index in [0.717, 1.165) is 48.2 Å². The Morgan fingerprint density at radius 1 is 0.636 bits per heavy atom. The SMILES string of the molecule is CCC/C(=N/N=C(/CCC)c1ccccc1)c1ccccc1. The van der Waals surface area contributed by atoms with E-state index in [1.54, 1.807) is 0 Å². The van der Waals surface area contributed by atoms with Crippen molar-refractivity contribution in [1.82, 2.24) is 0 Å². The minimum absolute atomic E-state index is 0.946. The first-order valence-electron chi connectivity index (χ1n) is 8.09. The predicted molar refractivity (Wildman–Crippen MR) is 95.8 cm³/mol. The van der Waals surface area contributed by atoms with E-state index in [0.29, 0.717) is 0 Å². The van der Waals surface area contributed by atoms with Crippen molar-refractivity contribution in [3.05, 3.63) is 71.8 Å². The molecule has 0 fully saturated rings. The molecule has 0 amide bonds. The highest BCUT2D eigenvalue weighted by Crippen LogP contribution is 2.10. The van der Waals surface area contributed by atoms with Gasteiger partial charge in [0.05, 0.1) is 11.4 Å². The largest absolute Gasteiger partial charge is 0.155 e. The third-order valence-electron chi connectivity index (χ3n) is 3.48. The van der Waals surface area contributed by atoms with Crippen LogP contribution in [-0.4, -0.2) is 11.4 Å². The van der Waals surface area contributed by atoms with E-state index in [2.05, 4.69) is 48.3 Å². The molecule has 2 nitrogen and oxygen atoms in total. The standard InChI is InChI=1S/C20H24N2/c1-3-11-19(17-13-7-5-8-14-17)21-22-20(12-4-2)18-15-9-6-10-16-18/h5-10,13-16H,3-4,11-12H2,1-2H3/b21-19-,22-20-. The molecule has 0 atom stereocenters. The lowest BCUT2D eigenvalue weighted by molar-refractivity contribution is 0.966. The Hall–Kier alpha value is -2.22. The molecular formula is C20H24N2. The van der Waals surface area contributed by atoms with E-state index < -0.39 is 0 Å². The van der Waals surface area contributed by atoms with Gasteiger partial charge in [0.1, 0.15) is 0 Å². The maximum Gasteiger partial charge on any atom is 0.0702 e. The molecule has 2 aromatic rings. The van der Waals surface area contributed by atoms with Gasteiger partial charge >= 0.3 is 0 Å². The summed E-state index contributed by atoms with van der Waals surface area (Å²) in [5.41, 5.74) is 4.45. The zero-order chi connectivity index (χ0) is 15.6. The van der Waals surface area contributed by atoms with Crippen LogP contribution in [-0.2, 0) is 0 Å². The molecule has 0 heterocycles. The minimum atomic E-state index is 0.946. The Labute approximate surface area is 133 Å². The van der Waals surface area contributed by atoms with Gasteiger partial charge in [-0.3, -0.25) is 0 Å². The molecule has 0 aliphatic rings. The van der Waals surface area contributed by atoms with Gasteiger partial charge in [-0.15, -0.1) is 0 Å². The highest BCUT2D eigenvalue weighted by atomic mass is 15.2. The number of rotatable bonds is 7. The molecule has 2 heteroatoms. The molecular weight excluding hydrogens is 268 g/mol. The first kappa shape index (κ1) is 16.2. The van der Waals surface area contributed by atoms with E-state index >= 15 is 0 Å². The predicted octanol–water partition coefficient (Wildman–Crippen LogP) is 5.48. The third-order valence-corrected chi connectivity index (χ3v) is 3.48. The fraction of sp³-hybridized carbons (Fsp3) is 0.300. The number of nitrogens with zero attached hydrogens (tertiary/aromatic N) is 2. The maximum atomic E-state index is 4.58. The van der Waals surface area contributed by atoms with Crippen molar-refractivity contribution in [2.45, 2.75) is 39.5 Å². The van der Waals surface area contributed by atoms with Gasteiger partial charge in [-0.05, 0) is 24.0 Å². The molecule has 22 heavy (non-hydrogen) atoms. The average molecular weight is 292 g/mol. The fourth-order valence-corrected chi connectivity index (χ4v) is 2.36. The smallest absolute Gasteiger partial charge is 0.0702 e. The molecule has 0 unspecified atom stereocenters. The van der Waals surface area contributed by atoms with Gasteiger partial charge in [0.15, 0.2) is 0 Å². The molecule has 0 saturated carbocycles. The van der Waals surface area contributed by atoms with Crippen LogP contribution in [0.3, 0.4) is 0 Å². The molecule has 0 aliphatic carbocycles. The second-order valence-corrected chi connectivity index (χ2v) is 5.33. The van der Waals surface area contributed by atoms with Crippen molar-refractivity contribution in [1.29, 1.82) is 0 Å². The lowest BCUT2D eigenvalue weighted by Crippen LogP contribution is -2.03. The number of benzene rings is 2. The van der Waals surface area contributed by atoms with E-state index in [4.69, 9.17) is 0 Å². The number of hydrogen-bond donors (Lipinski definition) is 0. The van der Waals surface area contributed by atoms with E-state index in [9.17, 15) is 0 Å². The van der Waals surface area contributed by atoms with Crippen LogP contribution >= 0.6 is 0 Å². The lowest BCUT2D eigenvalue weighted by Gasteiger charge is -2.06. The van der Waals surface area contributed by atoms with E-state index in [-0.39, 0.29) is 0 Å². The quantitative estimate of drug-likeness (QED) is 0.477. The van der Waals surface area contributed by atoms with Gasteiger partial charge in [-0.2, -0.15) is 10.2 Å². The summed E-state index contributed by atoms with van der Waals surface area (Å²) in [5, 5.41) is 9.17. The van der Waals surface area contributed by atoms with Crippen molar-refractivity contribution in [3.63, 3.8) is 0 Å². The van der Waals surface area contributed by atoms with Gasteiger partial charge in [-0.25, -0.2) is 0 Å². The summed E-state index contributed by atoms with van der Waals surface area (Å²) in [6.45, 7) is 4.35. The first-order valence-corrected chi connectivity index (χ1v) is 8.09. The van der Waals surface area contributed by atoms with Gasteiger partial charge in [0.2, 0.25) is 0 Å². The second kappa shape index (κ2) is 8.93. The van der Waals surface area contributed by atoms with Crippen molar-refractivity contribution < 1.29 is 0 Å². The number of hydrogen-bond acceptors (Lipinski definition) is 2. The average Bonchev–Trinajstić information content (AvgIpc) is 2.59. The van der Waals surface area contributed by atoms with Crippen molar-refractivity contribution in [2.75, 3.05) is 0 Å². The molecule has 0 aromatic heterocycles. The van der Waals surface area contributed by atoms with Crippen molar-refractivity contribution in [2.24, 2.45) is 10.2 Å². The molecule has 0 N–H and O–H groups in total. The normalized spacial score (nSPS) is 12.5. The summed E-state index contributed by atoms with van der Waals surface area (Å²) in [6, 6.07) is 20.7. The summed E-state index contributed by atoms with van der Waals surface area (Å²) in [7, 11) is 0. The topological polar surface area (TPSA) is 24.7 Å². The molecule has 0 radical (unpaired) electrons. The molecule has 0 saturated heterocycles. The summed E-state index contributed by atoms with van der Waals surface area (Å²) in [5.74, 6) is 0. The molecule has 0 aliphatic heterocycles. The molecule has 2 aromatic carbocycles. The lowest BCUT2D eigenvalue weighted by atomic mass is 10.1. The molecule has 114 valence electrons. The van der Waals surface area contributed by atoms with Crippen molar-refractivity contribution >= 4 is 11.4 Å². The summed E-state index contributed by atoms with van der Waals surface area (Å²) in [6.07, 6.45) is 4.03. The molecule has 0 spiro atoms. The molecule has 0 bridgehead atoms. The highest BCUT2D eigenvalue weighted by molar-refractivity contribution is 6.03. The Morgan fingerprint density at radius 2 is 1.00 bits per heavy atom. The van der Waals surface area contributed by atoms with Crippen LogP contribution in [0.2, 0.25) is 0 Å². The van der Waals surface area contributed by atoms with Gasteiger partial charge in [0.25, 0.3) is 0 Å². The summed E-state index contributed by atoms with van der Waals surface area (Å²) < 4.78 is 0. The third kappa shape index (κ3) is 4.66. The fourth-order valence-electron chi connectivity index (χ4n) is 2.36. The van der Waals surface area contributed by atoms with Gasteiger partial charge < -0.3 is 0 Å². The van der Waals surface area contributed by atoms with Crippen LogP contribution in [0.1, 0.15) is 50.7 Å². The van der Waals surface area contributed by atoms with Crippen LogP contribution in [0.4, 0.5) is 0 Å². The van der Waals surface area contributed by atoms with Crippen LogP contribution in [0.15, 0.2) is 70.9 Å². The van der Waals surface area contributed by atoms with Gasteiger partial charge in [-0.1, -0.05) is 87.4 Å². The summed E-state index contributed by atoms with van der Waals surface area (Å²) >= 11 is 0. The molecule has 2 rings (SSSR count). The van der Waals surface area contributed by atoms with E-state index in [1.165, 1.54) is 0 Å². The second-order valence-electron chi connectivity index (χ2n) is 5.33. The minimum Gasteiger partial charge on any atom is -0.155 e. The zero-order valence-corrected chi connectivity index (χ0v) is 13.5. The Balaban J connectivity index is 2.33. The van der Waals surface area contributed by atoms with E-state index in [1.807, 2.05) is 36.4 Å². The van der Waals surface area contributed by atoms with Crippen molar-refractivity contribution in [3.8, 4) is 0 Å². The highest BCUT2D eigenvalue weighted by Gasteiger charge is 2.04. The maximum absolute atomic E-state index is 4.58. The van der Waals surface area contributed by atoms with Crippen LogP contribution in [0, 0.1) is 0 Å². The Kier molecular flexibility index (Phi) is 6.56. The van der Waals surface area contributed by atoms with Crippen LogP contribution in [0.25, 0.3) is 0 Å².